The van der Waals surface area contributed by atoms with Crippen LogP contribution in [0.15, 0.2) is 24.3 Å². The molecule has 0 spiro atoms. The van der Waals surface area contributed by atoms with Crippen LogP contribution in [-0.2, 0) is 9.59 Å². The van der Waals surface area contributed by atoms with Crippen LogP contribution in [0.25, 0.3) is 0 Å². The molecule has 0 heterocycles. The molecule has 5 nitrogen and oxygen atoms in total. The standard InChI is InChI=1S/C12H16N2O3/c1-8(12(16)17)11(15)13-9-5-4-6-10(7-9)14(2)3/h4-8H,1-3H3,(H,13,15)(H,16,17). The molecule has 1 aromatic carbocycles. The number of nitrogens with zero attached hydrogens (tertiary/aromatic N) is 1. The number of aliphatic carboxylic acids is 1. The first-order chi connectivity index (χ1) is 7.91. The van der Waals surface area contributed by atoms with Crippen LogP contribution >= 0.6 is 0 Å². The predicted molar refractivity (Wildman–Crippen MR) is 66.2 cm³/mol. The Hall–Kier alpha value is -2.04. The first kappa shape index (κ1) is 13.0. The first-order valence-corrected chi connectivity index (χ1v) is 5.23. The molecular formula is C12H16N2O3. The molecule has 0 aliphatic heterocycles. The van der Waals surface area contributed by atoms with Crippen LogP contribution < -0.4 is 10.2 Å². The van der Waals surface area contributed by atoms with Gasteiger partial charge in [-0.15, -0.1) is 0 Å². The summed E-state index contributed by atoms with van der Waals surface area (Å²) in [6.45, 7) is 1.35. The molecule has 0 bridgehead atoms. The van der Waals surface area contributed by atoms with Crippen molar-refractivity contribution in [2.45, 2.75) is 6.92 Å². The Balaban J connectivity index is 2.78. The van der Waals surface area contributed by atoms with Gasteiger partial charge in [0.25, 0.3) is 0 Å². The van der Waals surface area contributed by atoms with Crippen molar-refractivity contribution in [3.8, 4) is 0 Å². The number of carboxylic acids is 1. The van der Waals surface area contributed by atoms with Crippen molar-refractivity contribution in [2.24, 2.45) is 5.92 Å². The summed E-state index contributed by atoms with van der Waals surface area (Å²) < 4.78 is 0. The Labute approximate surface area is 100 Å². The molecule has 2 N–H and O–H groups in total. The molecule has 0 aliphatic carbocycles. The quantitative estimate of drug-likeness (QED) is 0.775. The number of carbonyl (C=O) groups is 2. The van der Waals surface area contributed by atoms with Gasteiger partial charge in [-0.25, -0.2) is 0 Å². The molecular weight excluding hydrogens is 220 g/mol. The number of benzene rings is 1. The highest BCUT2D eigenvalue weighted by Crippen LogP contribution is 2.17. The van der Waals surface area contributed by atoms with Gasteiger partial charge < -0.3 is 15.3 Å². The lowest BCUT2D eigenvalue weighted by Crippen LogP contribution is -2.26. The molecule has 1 atom stereocenters. The van der Waals surface area contributed by atoms with E-state index >= 15 is 0 Å². The van der Waals surface area contributed by atoms with Gasteiger partial charge in [0.15, 0.2) is 0 Å². The van der Waals surface area contributed by atoms with Crippen LogP contribution in [0.3, 0.4) is 0 Å². The Morgan fingerprint density at radius 2 is 2.00 bits per heavy atom. The minimum atomic E-state index is -1.13. The van der Waals surface area contributed by atoms with Crippen LogP contribution in [0.5, 0.6) is 0 Å². The molecule has 1 aromatic rings. The summed E-state index contributed by atoms with van der Waals surface area (Å²) in [6, 6.07) is 7.21. The fraction of sp³-hybridized carbons (Fsp3) is 0.333. The van der Waals surface area contributed by atoms with E-state index in [0.29, 0.717) is 5.69 Å². The molecule has 1 unspecified atom stereocenters. The van der Waals surface area contributed by atoms with E-state index in [9.17, 15) is 9.59 Å². The number of rotatable bonds is 4. The second-order valence-corrected chi connectivity index (χ2v) is 3.99. The van der Waals surface area contributed by atoms with Gasteiger partial charge in [0, 0.05) is 25.5 Å². The van der Waals surface area contributed by atoms with Gasteiger partial charge >= 0.3 is 5.97 Å². The molecule has 0 aromatic heterocycles. The van der Waals surface area contributed by atoms with Crippen LogP contribution in [0.1, 0.15) is 6.92 Å². The van der Waals surface area contributed by atoms with Crippen LogP contribution in [0.2, 0.25) is 0 Å². The zero-order valence-corrected chi connectivity index (χ0v) is 10.1. The molecule has 17 heavy (non-hydrogen) atoms. The van der Waals surface area contributed by atoms with Crippen molar-refractivity contribution in [3.05, 3.63) is 24.3 Å². The van der Waals surface area contributed by atoms with Gasteiger partial charge in [-0.1, -0.05) is 6.07 Å². The van der Waals surface area contributed by atoms with E-state index in [4.69, 9.17) is 5.11 Å². The van der Waals surface area contributed by atoms with Crippen molar-refractivity contribution in [1.82, 2.24) is 0 Å². The Morgan fingerprint density at radius 3 is 2.53 bits per heavy atom. The number of hydrogen-bond acceptors (Lipinski definition) is 3. The molecule has 92 valence electrons. The third-order valence-corrected chi connectivity index (χ3v) is 2.39. The van der Waals surface area contributed by atoms with Crippen molar-refractivity contribution in [3.63, 3.8) is 0 Å². The summed E-state index contributed by atoms with van der Waals surface area (Å²) in [5, 5.41) is 11.3. The molecule has 1 amide bonds. The zero-order valence-electron chi connectivity index (χ0n) is 10.1. The Morgan fingerprint density at radius 1 is 1.35 bits per heavy atom. The van der Waals surface area contributed by atoms with Crippen LogP contribution in [-0.4, -0.2) is 31.1 Å². The van der Waals surface area contributed by atoms with Gasteiger partial charge in [0.1, 0.15) is 5.92 Å². The molecule has 5 heteroatoms. The normalized spacial score (nSPS) is 11.7. The highest BCUT2D eigenvalue weighted by Gasteiger charge is 2.20. The van der Waals surface area contributed by atoms with Crippen molar-refractivity contribution < 1.29 is 14.7 Å². The van der Waals surface area contributed by atoms with E-state index in [1.807, 2.05) is 25.1 Å². The van der Waals surface area contributed by atoms with E-state index < -0.39 is 17.8 Å². The lowest BCUT2D eigenvalue weighted by molar-refractivity contribution is -0.144. The fourth-order valence-electron chi connectivity index (χ4n) is 1.22. The van der Waals surface area contributed by atoms with E-state index in [-0.39, 0.29) is 0 Å². The Kier molecular flexibility index (Phi) is 4.09. The summed E-state index contributed by atoms with van der Waals surface area (Å²) in [4.78, 5) is 24.1. The average molecular weight is 236 g/mol. The topological polar surface area (TPSA) is 69.6 Å². The maximum atomic E-state index is 11.5. The van der Waals surface area contributed by atoms with Crippen molar-refractivity contribution in [2.75, 3.05) is 24.3 Å². The summed E-state index contributed by atoms with van der Waals surface area (Å²) in [6.07, 6.45) is 0. The third-order valence-electron chi connectivity index (χ3n) is 2.39. The molecule has 0 saturated carbocycles. The number of nitrogens with one attached hydrogen (secondary N) is 1. The monoisotopic (exact) mass is 236 g/mol. The van der Waals surface area contributed by atoms with E-state index in [0.717, 1.165) is 5.69 Å². The van der Waals surface area contributed by atoms with Gasteiger partial charge in [-0.05, 0) is 25.1 Å². The van der Waals surface area contributed by atoms with E-state index in [2.05, 4.69) is 5.32 Å². The lowest BCUT2D eigenvalue weighted by atomic mass is 10.1. The van der Waals surface area contributed by atoms with Gasteiger partial charge in [-0.3, -0.25) is 9.59 Å². The van der Waals surface area contributed by atoms with Gasteiger partial charge in [-0.2, -0.15) is 0 Å². The predicted octanol–water partition coefficient (Wildman–Crippen LogP) is 1.41. The number of carboxylic acid groups (broad SMARTS) is 1. The average Bonchev–Trinajstić information content (AvgIpc) is 2.28. The maximum Gasteiger partial charge on any atom is 0.315 e. The SMILES string of the molecule is CC(C(=O)O)C(=O)Nc1cccc(N(C)C)c1. The van der Waals surface area contributed by atoms with Crippen LogP contribution in [0.4, 0.5) is 11.4 Å². The second-order valence-electron chi connectivity index (χ2n) is 3.99. The van der Waals surface area contributed by atoms with E-state index in [1.165, 1.54) is 6.92 Å². The third kappa shape index (κ3) is 3.48. The molecule has 0 saturated heterocycles. The van der Waals surface area contributed by atoms with Gasteiger partial charge in [0.2, 0.25) is 5.91 Å². The molecule has 1 rings (SSSR count). The summed E-state index contributed by atoms with van der Waals surface area (Å²) in [5.74, 6) is -2.71. The smallest absolute Gasteiger partial charge is 0.315 e. The van der Waals surface area contributed by atoms with Crippen LogP contribution in [0, 0.1) is 5.92 Å². The van der Waals surface area contributed by atoms with E-state index in [1.54, 1.807) is 18.2 Å². The highest BCUT2D eigenvalue weighted by molar-refractivity contribution is 6.03. The lowest BCUT2D eigenvalue weighted by Gasteiger charge is -2.14. The van der Waals surface area contributed by atoms with Gasteiger partial charge in [0.05, 0.1) is 0 Å². The first-order valence-electron chi connectivity index (χ1n) is 5.23. The number of anilines is 2. The Bertz CT molecular complexity index is 430. The second kappa shape index (κ2) is 5.34. The molecule has 0 radical (unpaired) electrons. The molecule has 0 aliphatic rings. The maximum absolute atomic E-state index is 11.5. The van der Waals surface area contributed by atoms with Crippen molar-refractivity contribution in [1.29, 1.82) is 0 Å². The van der Waals surface area contributed by atoms with Crippen molar-refractivity contribution >= 4 is 23.3 Å². The number of amides is 1. The largest absolute Gasteiger partial charge is 0.481 e. The zero-order chi connectivity index (χ0) is 13.0. The number of hydrogen-bond donors (Lipinski definition) is 2. The fourth-order valence-corrected chi connectivity index (χ4v) is 1.22. The highest BCUT2D eigenvalue weighted by atomic mass is 16.4. The summed E-state index contributed by atoms with van der Waals surface area (Å²) in [5.41, 5.74) is 1.53. The summed E-state index contributed by atoms with van der Waals surface area (Å²) >= 11 is 0. The molecule has 0 fully saturated rings. The minimum absolute atomic E-state index is 0.520. The summed E-state index contributed by atoms with van der Waals surface area (Å²) in [7, 11) is 3.78. The number of carbonyl (C=O) groups excluding carboxylic acids is 1. The minimum Gasteiger partial charge on any atom is -0.481 e.